The highest BCUT2D eigenvalue weighted by Gasteiger charge is 2.07. The molecular weight excluding hydrogens is 346 g/mol. The van der Waals surface area contributed by atoms with Crippen molar-refractivity contribution in [1.82, 2.24) is 5.32 Å². The van der Waals surface area contributed by atoms with Crippen LogP contribution in [0.5, 0.6) is 0 Å². The number of hydrogen-bond donors (Lipinski definition) is 3. The van der Waals surface area contributed by atoms with Crippen LogP contribution in [0.2, 0.25) is 0 Å². The van der Waals surface area contributed by atoms with Crippen molar-refractivity contribution in [1.29, 1.82) is 0 Å². The van der Waals surface area contributed by atoms with Crippen molar-refractivity contribution in [3.8, 4) is 0 Å². The highest BCUT2D eigenvalue weighted by atomic mass is 32.2. The molecule has 0 radical (unpaired) electrons. The molecule has 0 aliphatic carbocycles. The maximum absolute atomic E-state index is 11.8. The largest absolute Gasteiger partial charge is 0.332 e. The molecular formula is C16H15N3O3S2. The Labute approximate surface area is 145 Å². The Morgan fingerprint density at radius 2 is 1.67 bits per heavy atom. The maximum Gasteiger partial charge on any atom is 0.250 e. The third-order valence-corrected chi connectivity index (χ3v) is 4.04. The van der Waals surface area contributed by atoms with Gasteiger partial charge in [0, 0.05) is 11.8 Å². The average Bonchev–Trinajstić information content (AvgIpc) is 2.53. The predicted molar refractivity (Wildman–Crippen MR) is 97.7 cm³/mol. The summed E-state index contributed by atoms with van der Waals surface area (Å²) in [6.45, 7) is 0. The summed E-state index contributed by atoms with van der Waals surface area (Å²) in [6, 6.07) is 15.0. The van der Waals surface area contributed by atoms with Crippen molar-refractivity contribution in [2.45, 2.75) is 4.90 Å². The molecule has 0 unspecified atom stereocenters. The van der Waals surface area contributed by atoms with Crippen LogP contribution in [0.25, 0.3) is 6.08 Å². The number of carbonyl (C=O) groups is 1. The Hall–Kier alpha value is -2.55. The molecule has 0 bridgehead atoms. The fourth-order valence-corrected chi connectivity index (χ4v) is 2.51. The lowest BCUT2D eigenvalue weighted by Crippen LogP contribution is -2.32. The summed E-state index contributed by atoms with van der Waals surface area (Å²) < 4.78 is 22.3. The molecule has 2 rings (SSSR count). The Kier molecular flexibility index (Phi) is 5.80. The predicted octanol–water partition coefficient (Wildman–Crippen LogP) is 1.86. The molecule has 4 N–H and O–H groups in total. The fraction of sp³-hybridized carbons (Fsp3) is 0. The van der Waals surface area contributed by atoms with Gasteiger partial charge in [-0.25, -0.2) is 13.6 Å². The molecule has 2 aromatic carbocycles. The first-order valence-electron chi connectivity index (χ1n) is 6.82. The minimum absolute atomic E-state index is 0.00574. The zero-order chi connectivity index (χ0) is 17.6. The van der Waals surface area contributed by atoms with E-state index in [4.69, 9.17) is 17.4 Å². The number of anilines is 1. The van der Waals surface area contributed by atoms with Gasteiger partial charge in [-0.3, -0.25) is 10.1 Å². The van der Waals surface area contributed by atoms with Gasteiger partial charge in [-0.1, -0.05) is 30.3 Å². The van der Waals surface area contributed by atoms with Gasteiger partial charge in [0.05, 0.1) is 4.90 Å². The molecule has 0 saturated heterocycles. The maximum atomic E-state index is 11.8. The van der Waals surface area contributed by atoms with Crippen LogP contribution in [-0.4, -0.2) is 19.4 Å². The summed E-state index contributed by atoms with van der Waals surface area (Å²) >= 11 is 5.03. The van der Waals surface area contributed by atoms with Gasteiger partial charge in [-0.2, -0.15) is 0 Å². The highest BCUT2D eigenvalue weighted by molar-refractivity contribution is 7.89. The summed E-state index contributed by atoms with van der Waals surface area (Å²) in [5, 5.41) is 10.4. The summed E-state index contributed by atoms with van der Waals surface area (Å²) in [5.41, 5.74) is 1.42. The van der Waals surface area contributed by atoms with E-state index in [-0.39, 0.29) is 15.9 Å². The van der Waals surface area contributed by atoms with Gasteiger partial charge < -0.3 is 5.32 Å². The van der Waals surface area contributed by atoms with Crippen LogP contribution in [0.15, 0.2) is 65.6 Å². The molecule has 0 fully saturated rings. The third-order valence-electron chi connectivity index (χ3n) is 2.90. The van der Waals surface area contributed by atoms with Crippen molar-refractivity contribution in [2.24, 2.45) is 5.14 Å². The molecule has 0 aliphatic rings. The number of hydrogen-bond acceptors (Lipinski definition) is 4. The Morgan fingerprint density at radius 1 is 1.04 bits per heavy atom. The Morgan fingerprint density at radius 3 is 2.25 bits per heavy atom. The van der Waals surface area contributed by atoms with E-state index in [0.717, 1.165) is 5.56 Å². The first-order valence-corrected chi connectivity index (χ1v) is 8.78. The highest BCUT2D eigenvalue weighted by Crippen LogP contribution is 2.12. The Bertz CT molecular complexity index is 861. The van der Waals surface area contributed by atoms with Gasteiger partial charge in [0.2, 0.25) is 15.9 Å². The molecule has 2 aromatic rings. The number of benzene rings is 2. The van der Waals surface area contributed by atoms with Gasteiger partial charge in [0.25, 0.3) is 0 Å². The topological polar surface area (TPSA) is 101 Å². The SMILES string of the molecule is NS(=O)(=O)c1ccc(NC(=S)NC(=O)/C=C\c2ccccc2)cc1. The average molecular weight is 361 g/mol. The van der Waals surface area contributed by atoms with Crippen LogP contribution in [-0.2, 0) is 14.8 Å². The fourth-order valence-electron chi connectivity index (χ4n) is 1.78. The van der Waals surface area contributed by atoms with Crippen molar-refractivity contribution in [3.63, 3.8) is 0 Å². The number of amides is 1. The van der Waals surface area contributed by atoms with Gasteiger partial charge in [0.15, 0.2) is 5.11 Å². The molecule has 124 valence electrons. The number of sulfonamides is 1. The summed E-state index contributed by atoms with van der Waals surface area (Å²) in [4.78, 5) is 11.8. The van der Waals surface area contributed by atoms with Crippen molar-refractivity contribution in [2.75, 3.05) is 5.32 Å². The lowest BCUT2D eigenvalue weighted by atomic mass is 10.2. The summed E-state index contributed by atoms with van der Waals surface area (Å²) in [6.07, 6.45) is 3.03. The second-order valence-corrected chi connectivity index (χ2v) is 6.73. The lowest BCUT2D eigenvalue weighted by molar-refractivity contribution is -0.115. The van der Waals surface area contributed by atoms with Gasteiger partial charge >= 0.3 is 0 Å². The van der Waals surface area contributed by atoms with Crippen LogP contribution in [0.1, 0.15) is 5.56 Å². The third kappa shape index (κ3) is 5.58. The minimum Gasteiger partial charge on any atom is -0.332 e. The quantitative estimate of drug-likeness (QED) is 0.570. The Balaban J connectivity index is 1.91. The van der Waals surface area contributed by atoms with Gasteiger partial charge in [-0.15, -0.1) is 0 Å². The second kappa shape index (κ2) is 7.82. The smallest absolute Gasteiger partial charge is 0.250 e. The van der Waals surface area contributed by atoms with Gasteiger partial charge in [0.1, 0.15) is 0 Å². The summed E-state index contributed by atoms with van der Waals surface area (Å²) in [5.74, 6) is -0.377. The van der Waals surface area contributed by atoms with E-state index in [1.807, 2.05) is 30.3 Å². The van der Waals surface area contributed by atoms with Crippen LogP contribution >= 0.6 is 12.2 Å². The minimum atomic E-state index is -3.74. The number of rotatable bonds is 4. The van der Waals surface area contributed by atoms with E-state index in [9.17, 15) is 13.2 Å². The van der Waals surface area contributed by atoms with Crippen molar-refractivity contribution >= 4 is 45.0 Å². The number of carbonyl (C=O) groups excluding carboxylic acids is 1. The van der Waals surface area contributed by atoms with Crippen LogP contribution in [0, 0.1) is 0 Å². The first kappa shape index (κ1) is 17.8. The van der Waals surface area contributed by atoms with Crippen LogP contribution < -0.4 is 15.8 Å². The number of primary sulfonamides is 1. The van der Waals surface area contributed by atoms with E-state index in [1.54, 1.807) is 6.08 Å². The molecule has 0 aromatic heterocycles. The van der Waals surface area contributed by atoms with Gasteiger partial charge in [-0.05, 0) is 48.1 Å². The van der Waals surface area contributed by atoms with Crippen molar-refractivity contribution in [3.05, 3.63) is 66.2 Å². The summed E-state index contributed by atoms with van der Waals surface area (Å²) in [7, 11) is -3.74. The van der Waals surface area contributed by atoms with Crippen molar-refractivity contribution < 1.29 is 13.2 Å². The van der Waals surface area contributed by atoms with E-state index < -0.39 is 10.0 Å². The lowest BCUT2D eigenvalue weighted by Gasteiger charge is -2.08. The standard InChI is InChI=1S/C16H15N3O3S2/c17-24(21,22)14-9-7-13(8-10-14)18-16(23)19-15(20)11-6-12-4-2-1-3-5-12/h1-11H,(H2,17,21,22)(H2,18,19,20,23)/b11-6-. The number of thiocarbonyl (C=S) groups is 1. The number of nitrogens with two attached hydrogens (primary N) is 1. The molecule has 0 aliphatic heterocycles. The van der Waals surface area contributed by atoms with E-state index in [2.05, 4.69) is 10.6 Å². The molecule has 0 heterocycles. The second-order valence-electron chi connectivity index (χ2n) is 4.76. The van der Waals surface area contributed by atoms with Crippen LogP contribution in [0.3, 0.4) is 0 Å². The van der Waals surface area contributed by atoms with Crippen LogP contribution in [0.4, 0.5) is 5.69 Å². The van der Waals surface area contributed by atoms with E-state index >= 15 is 0 Å². The molecule has 1 amide bonds. The van der Waals surface area contributed by atoms with E-state index in [1.165, 1.54) is 30.3 Å². The molecule has 0 atom stereocenters. The molecule has 8 heteroatoms. The van der Waals surface area contributed by atoms with E-state index in [0.29, 0.717) is 5.69 Å². The zero-order valence-corrected chi connectivity index (χ0v) is 14.1. The number of nitrogens with one attached hydrogen (secondary N) is 2. The molecule has 6 nitrogen and oxygen atoms in total. The first-order chi connectivity index (χ1) is 11.3. The molecule has 0 saturated carbocycles. The zero-order valence-electron chi connectivity index (χ0n) is 12.5. The molecule has 24 heavy (non-hydrogen) atoms. The molecule has 0 spiro atoms. The monoisotopic (exact) mass is 361 g/mol. The normalized spacial score (nSPS) is 11.2.